The molecule has 3 aliphatic rings. The molecule has 0 saturated heterocycles. The topological polar surface area (TPSA) is 327 Å². The van der Waals surface area contributed by atoms with E-state index in [4.69, 9.17) is 67.6 Å². The summed E-state index contributed by atoms with van der Waals surface area (Å²) in [6, 6.07) is 9.32. The molecular weight excluding hydrogens is 831 g/mol. The molecule has 0 unspecified atom stereocenters. The smallest absolute Gasteiger partial charge is 0.872 e. The van der Waals surface area contributed by atoms with E-state index in [1.165, 1.54) is 6.92 Å². The molecule has 16 nitrogen and oxygen atoms in total. The number of rotatable bonds is 0. The van der Waals surface area contributed by atoms with Crippen LogP contribution in [0.2, 0.25) is 0 Å². The largest absolute Gasteiger partial charge is 3.00 e. The van der Waals surface area contributed by atoms with Crippen LogP contribution >= 0.6 is 0 Å². The Bertz CT molecular complexity index is 1340. The molecule has 1 radical (unpaired) electrons. The van der Waals surface area contributed by atoms with E-state index in [0.717, 1.165) is 69.6 Å². The van der Waals surface area contributed by atoms with E-state index >= 15 is 0 Å². The van der Waals surface area contributed by atoms with E-state index in [0.29, 0.717) is 22.3 Å². The van der Waals surface area contributed by atoms with Crippen molar-refractivity contribution in [3.63, 3.8) is 0 Å². The maximum absolute atomic E-state index is 13.2. The minimum atomic E-state index is -4.94. The molecule has 0 N–H and O–H groups in total. The number of aliphatic imine (C=N–C) groups is 4. The second-order valence-electron chi connectivity index (χ2n) is 11.5. The SMILES string of the molecule is CC#N.C[O-].Cc1cc2c([O-])c(c1)C=N[C@@H]1CCCC[C@H]1N=Cc1cc(C)cc(c1[O-])C=N[C@@H]1CCCC[C@H]1N=C2.[Ni+2].[Ni+3].[O-][Cl+3]([O-])([O-])[O-].[O-][Cl+3]([O-])([O-])[O-]. The van der Waals surface area contributed by atoms with Gasteiger partial charge in [0, 0.05) is 31.8 Å². The van der Waals surface area contributed by atoms with Crippen LogP contribution in [0.15, 0.2) is 44.2 Å². The third kappa shape index (κ3) is 21.8. The van der Waals surface area contributed by atoms with Crippen LogP contribution in [-0.4, -0.2) is 56.1 Å². The Labute approximate surface area is 333 Å². The van der Waals surface area contributed by atoms with Gasteiger partial charge < -0.3 is 15.3 Å². The van der Waals surface area contributed by atoms with Gasteiger partial charge >= 0.3 is 33.0 Å². The second kappa shape index (κ2) is 26.3. The third-order valence-corrected chi connectivity index (χ3v) is 7.59. The normalized spacial score (nSPS) is 20.2. The molecule has 20 heteroatoms. The molecular formula is C33H40Cl2N5Ni2O11. The number of fused-ring (bicyclic) bond motifs is 6. The van der Waals surface area contributed by atoms with E-state index in [2.05, 4.69) is 0 Å². The summed E-state index contributed by atoms with van der Waals surface area (Å²) in [6.45, 7) is 5.43. The molecule has 4 bridgehead atoms. The van der Waals surface area contributed by atoms with Gasteiger partial charge in [0.25, 0.3) is 0 Å². The van der Waals surface area contributed by atoms with Crippen molar-refractivity contribution >= 4 is 24.9 Å². The molecule has 53 heavy (non-hydrogen) atoms. The minimum absolute atomic E-state index is 0. The van der Waals surface area contributed by atoms with Gasteiger partial charge in [-0.1, -0.05) is 61.4 Å². The van der Waals surface area contributed by atoms with Crippen LogP contribution in [0.25, 0.3) is 0 Å². The minimum Gasteiger partial charge on any atom is -0.872 e. The van der Waals surface area contributed by atoms with Gasteiger partial charge in [0.05, 0.1) is 30.2 Å². The molecule has 0 amide bonds. The molecule has 2 aliphatic carbocycles. The Morgan fingerprint density at radius 3 is 0.887 bits per heavy atom. The first-order valence-electron chi connectivity index (χ1n) is 15.6. The quantitative estimate of drug-likeness (QED) is 0.224. The van der Waals surface area contributed by atoms with Crippen LogP contribution in [-0.2, 0) is 33.0 Å². The van der Waals surface area contributed by atoms with Crippen molar-refractivity contribution in [1.82, 2.24) is 0 Å². The fourth-order valence-corrected chi connectivity index (χ4v) is 5.63. The van der Waals surface area contributed by atoms with E-state index in [1.54, 1.807) is 30.9 Å². The maximum Gasteiger partial charge on any atom is 3.00 e. The van der Waals surface area contributed by atoms with Crippen LogP contribution in [0.5, 0.6) is 11.5 Å². The number of nitriles is 1. The van der Waals surface area contributed by atoms with Crippen LogP contribution in [0.4, 0.5) is 0 Å². The van der Waals surface area contributed by atoms with Crippen LogP contribution in [0, 0.1) is 45.7 Å². The molecule has 297 valence electrons. The Morgan fingerprint density at radius 1 is 0.547 bits per heavy atom. The summed E-state index contributed by atoms with van der Waals surface area (Å²) in [6.07, 6.45) is 15.0. The summed E-state index contributed by atoms with van der Waals surface area (Å²) in [5, 5.41) is 42.0. The van der Waals surface area contributed by atoms with Crippen LogP contribution in [0.1, 0.15) is 91.7 Å². The van der Waals surface area contributed by atoms with Crippen molar-refractivity contribution in [1.29, 1.82) is 5.26 Å². The fourth-order valence-electron chi connectivity index (χ4n) is 5.63. The maximum atomic E-state index is 13.2. The van der Waals surface area contributed by atoms with Crippen LogP contribution < -0.4 is 52.6 Å². The van der Waals surface area contributed by atoms with Crippen molar-refractivity contribution in [3.8, 4) is 17.6 Å². The second-order valence-corrected chi connectivity index (χ2v) is 13.0. The summed E-state index contributed by atoms with van der Waals surface area (Å²) >= 11 is 0. The molecule has 2 saturated carbocycles. The van der Waals surface area contributed by atoms with Crippen LogP contribution in [0.3, 0.4) is 0 Å². The molecule has 4 atom stereocenters. The summed E-state index contributed by atoms with van der Waals surface area (Å²) in [5.41, 5.74) is 4.40. The first-order valence-corrected chi connectivity index (χ1v) is 18.1. The first kappa shape index (κ1) is 52.5. The van der Waals surface area contributed by atoms with Gasteiger partial charge in [-0.15, -0.1) is 20.5 Å². The molecule has 2 aromatic carbocycles. The van der Waals surface area contributed by atoms with Gasteiger partial charge in [0.2, 0.25) is 0 Å². The molecule has 1 aliphatic heterocycles. The molecule has 0 spiro atoms. The summed E-state index contributed by atoms with van der Waals surface area (Å²) in [4.78, 5) is 19.4. The number of halogens is 2. The number of benzene rings is 2. The van der Waals surface area contributed by atoms with Crippen molar-refractivity contribution in [3.05, 3.63) is 57.6 Å². The van der Waals surface area contributed by atoms with Crippen molar-refractivity contribution in [2.45, 2.75) is 96.3 Å². The zero-order valence-electron chi connectivity index (χ0n) is 29.2. The van der Waals surface area contributed by atoms with Gasteiger partial charge in [-0.2, -0.15) is 12.4 Å². The van der Waals surface area contributed by atoms with Gasteiger partial charge in [-0.3, -0.25) is 20.0 Å². The first-order chi connectivity index (χ1) is 23.9. The Hall–Kier alpha value is -2.58. The Balaban J connectivity index is 0. The standard InChI is InChI=1S/C30H36N4O2.C2H3N.CH3O.2ClHO4.2Ni/c1-19-11-21-15-31-25-7-3-5-9-27(25)33-17-23-13-20(2)14-24(30(23)36)18-34-28-10-6-4-8-26(28)32-16-22(12-19)29(21)35;1-2-3;1-2;2*2-1(3,4)5;;/h11-18,25-28,35-36H,3-10H2,1-2H3;1H3;1H3;2*(H,2,3,4,5);;/q;;-1;;;+2;+3/p-4/t25-,26-,27-,28-;;;;;;/m1....../s1. The third-order valence-electron chi connectivity index (χ3n) is 7.59. The predicted molar refractivity (Wildman–Crippen MR) is 161 cm³/mol. The monoisotopic (exact) mass is 868 g/mol. The fraction of sp³-hybridized carbons (Fsp3) is 0.485. The zero-order valence-corrected chi connectivity index (χ0v) is 32.7. The van der Waals surface area contributed by atoms with Crippen molar-refractivity contribution in [2.24, 2.45) is 20.0 Å². The molecule has 2 fully saturated rings. The molecule has 2 aromatic rings. The van der Waals surface area contributed by atoms with E-state index < -0.39 is 20.5 Å². The van der Waals surface area contributed by atoms with Crippen molar-refractivity contribution in [2.75, 3.05) is 7.11 Å². The summed E-state index contributed by atoms with van der Waals surface area (Å²) < 4.78 is 67.9. The van der Waals surface area contributed by atoms with E-state index in [9.17, 15) is 10.2 Å². The van der Waals surface area contributed by atoms with Gasteiger partial charge in [0.1, 0.15) is 0 Å². The molecule has 5 rings (SSSR count). The van der Waals surface area contributed by atoms with E-state index in [1.807, 2.05) is 38.1 Å². The summed E-state index contributed by atoms with van der Waals surface area (Å²) in [5.74, 6) is -0.0789. The van der Waals surface area contributed by atoms with E-state index in [-0.39, 0.29) is 68.6 Å². The number of hydrogen-bond acceptors (Lipinski definition) is 16. The predicted octanol–water partition coefficient (Wildman–Crippen LogP) is -5.55. The summed E-state index contributed by atoms with van der Waals surface area (Å²) in [7, 11) is -9.14. The van der Waals surface area contributed by atoms with Gasteiger partial charge in [-0.05, 0) is 72.9 Å². The Kier molecular flexibility index (Phi) is 26.0. The number of nitrogens with zero attached hydrogens (tertiary/aromatic N) is 5. The molecule has 1 heterocycles. The number of aryl methyl sites for hydroxylation is 2. The zero-order chi connectivity index (χ0) is 38.8. The average Bonchev–Trinajstić information content (AvgIpc) is 3.04. The molecule has 0 aromatic heterocycles. The Morgan fingerprint density at radius 2 is 0.717 bits per heavy atom. The van der Waals surface area contributed by atoms with Gasteiger partial charge in [0.15, 0.2) is 0 Å². The van der Waals surface area contributed by atoms with Crippen molar-refractivity contribution < 1.29 is 106 Å². The average molecular weight is 871 g/mol. The number of hydrogen-bond donors (Lipinski definition) is 0. The van der Waals surface area contributed by atoms with Gasteiger partial charge in [-0.25, -0.2) is 37.3 Å².